The number of nitrogens with one attached hydrogen (secondary N) is 1. The van der Waals surface area contributed by atoms with Gasteiger partial charge in [0.2, 0.25) is 0 Å². The van der Waals surface area contributed by atoms with Gasteiger partial charge >= 0.3 is 0 Å². The van der Waals surface area contributed by atoms with Gasteiger partial charge in [-0.2, -0.15) is 0 Å². The Morgan fingerprint density at radius 3 is 2.35 bits per heavy atom. The molecular weight excluding hydrogens is 507 g/mol. The summed E-state index contributed by atoms with van der Waals surface area (Å²) in [7, 11) is 0. The molecule has 2 aromatic heterocycles. The van der Waals surface area contributed by atoms with Gasteiger partial charge < -0.3 is 14.6 Å². The van der Waals surface area contributed by atoms with Gasteiger partial charge in [0.25, 0.3) is 5.91 Å². The summed E-state index contributed by atoms with van der Waals surface area (Å²) in [4.78, 5) is 13.8. The number of aromatic nitrogens is 3. The number of hydrogen-bond donors (Lipinski definition) is 1. The number of carbonyl (C=O) groups is 1. The molecule has 1 aliphatic rings. The molecular formula is C29H24Cl2N4O2. The molecule has 8 heteroatoms. The third-order valence-corrected chi connectivity index (χ3v) is 7.13. The molecule has 6 rings (SSSR count). The molecule has 1 N–H and O–H groups in total. The van der Waals surface area contributed by atoms with E-state index in [9.17, 15) is 4.79 Å². The molecule has 6 nitrogen and oxygen atoms in total. The fourth-order valence-electron chi connectivity index (χ4n) is 4.94. The van der Waals surface area contributed by atoms with Crippen molar-refractivity contribution in [1.29, 1.82) is 0 Å². The first-order valence-electron chi connectivity index (χ1n) is 12.2. The van der Waals surface area contributed by atoms with Crippen LogP contribution in [0.2, 0.25) is 10.0 Å². The van der Waals surface area contributed by atoms with Crippen molar-refractivity contribution < 1.29 is 9.53 Å². The molecule has 3 aromatic carbocycles. The van der Waals surface area contributed by atoms with Crippen molar-refractivity contribution >= 4 is 40.4 Å². The van der Waals surface area contributed by atoms with E-state index in [0.717, 1.165) is 59.7 Å². The van der Waals surface area contributed by atoms with Crippen LogP contribution in [0, 0.1) is 0 Å². The summed E-state index contributed by atoms with van der Waals surface area (Å²) >= 11 is 12.2. The van der Waals surface area contributed by atoms with Crippen LogP contribution in [0.1, 0.15) is 34.7 Å². The standard InChI is InChI=1S/C29H24Cl2N4O2/c30-20-11-9-19(10-12-20)26-24-8-4-5-17-34-25(18-37-23-6-2-1-3-7-23)33-35(29(24)34)27(26)28(36)32-22-15-13-21(31)14-16-22/h1-3,6-7,9-16H,4-5,8,17-18H2,(H,32,36). The number of benzene rings is 3. The van der Waals surface area contributed by atoms with Gasteiger partial charge in [-0.25, -0.2) is 4.52 Å². The predicted molar refractivity (Wildman–Crippen MR) is 147 cm³/mol. The second kappa shape index (κ2) is 9.96. The van der Waals surface area contributed by atoms with Crippen LogP contribution >= 0.6 is 23.2 Å². The average molecular weight is 531 g/mol. The first-order chi connectivity index (χ1) is 18.1. The quantitative estimate of drug-likeness (QED) is 0.251. The maximum absolute atomic E-state index is 13.8. The van der Waals surface area contributed by atoms with Gasteiger partial charge in [0, 0.05) is 33.4 Å². The van der Waals surface area contributed by atoms with E-state index in [1.165, 1.54) is 0 Å². The number of rotatable bonds is 6. The van der Waals surface area contributed by atoms with Crippen LogP contribution in [0.15, 0.2) is 78.9 Å². The lowest BCUT2D eigenvalue weighted by atomic mass is 9.98. The summed E-state index contributed by atoms with van der Waals surface area (Å²) in [6.07, 6.45) is 2.88. The maximum Gasteiger partial charge on any atom is 0.275 e. The lowest BCUT2D eigenvalue weighted by Crippen LogP contribution is -2.16. The number of carbonyl (C=O) groups excluding carboxylic acids is 1. The van der Waals surface area contributed by atoms with Gasteiger partial charge in [-0.1, -0.05) is 53.5 Å². The van der Waals surface area contributed by atoms with Gasteiger partial charge in [0.1, 0.15) is 23.7 Å². The first-order valence-corrected chi connectivity index (χ1v) is 13.0. The molecule has 0 saturated carbocycles. The molecule has 0 atom stereocenters. The van der Waals surface area contributed by atoms with E-state index in [-0.39, 0.29) is 5.91 Å². The van der Waals surface area contributed by atoms with Crippen LogP contribution in [0.25, 0.3) is 16.8 Å². The lowest BCUT2D eigenvalue weighted by molar-refractivity contribution is 0.102. The zero-order valence-corrected chi connectivity index (χ0v) is 21.5. The maximum atomic E-state index is 13.8. The summed E-state index contributed by atoms with van der Waals surface area (Å²) in [5.41, 5.74) is 5.02. The molecule has 0 aliphatic carbocycles. The molecule has 0 fully saturated rings. The predicted octanol–water partition coefficient (Wildman–Crippen LogP) is 7.28. The van der Waals surface area contributed by atoms with E-state index in [2.05, 4.69) is 9.88 Å². The van der Waals surface area contributed by atoms with Crippen LogP contribution in [0.5, 0.6) is 5.75 Å². The number of amides is 1. The number of nitrogens with zero attached hydrogens (tertiary/aromatic N) is 3. The molecule has 186 valence electrons. The van der Waals surface area contributed by atoms with Gasteiger partial charge in [-0.15, -0.1) is 5.10 Å². The Hall–Kier alpha value is -3.74. The number of ether oxygens (including phenoxy) is 1. The number of halogens is 2. The molecule has 3 heterocycles. The van der Waals surface area contributed by atoms with E-state index < -0.39 is 0 Å². The molecule has 0 saturated heterocycles. The van der Waals surface area contributed by atoms with E-state index >= 15 is 0 Å². The van der Waals surface area contributed by atoms with Crippen LogP contribution in [0.4, 0.5) is 5.69 Å². The van der Waals surface area contributed by atoms with Crippen molar-refractivity contribution in [3.05, 3.63) is 106 Å². The van der Waals surface area contributed by atoms with Crippen LogP contribution in [-0.4, -0.2) is 20.1 Å². The minimum absolute atomic E-state index is 0.241. The van der Waals surface area contributed by atoms with E-state index in [1.807, 2.05) is 54.6 Å². The number of para-hydroxylation sites is 1. The van der Waals surface area contributed by atoms with Crippen molar-refractivity contribution in [2.45, 2.75) is 32.4 Å². The summed E-state index contributed by atoms with van der Waals surface area (Å²) in [5.74, 6) is 1.32. The van der Waals surface area contributed by atoms with Crippen LogP contribution in [-0.2, 0) is 19.6 Å². The highest BCUT2D eigenvalue weighted by Gasteiger charge is 2.30. The fraction of sp³-hybridized carbons (Fsp3) is 0.172. The van der Waals surface area contributed by atoms with Crippen LogP contribution < -0.4 is 10.1 Å². The van der Waals surface area contributed by atoms with Gasteiger partial charge in [0.05, 0.1) is 0 Å². The zero-order valence-electron chi connectivity index (χ0n) is 20.0. The summed E-state index contributed by atoms with van der Waals surface area (Å²) in [6, 6.07) is 24.4. The largest absolute Gasteiger partial charge is 0.486 e. The monoisotopic (exact) mass is 530 g/mol. The third kappa shape index (κ3) is 4.59. The molecule has 37 heavy (non-hydrogen) atoms. The topological polar surface area (TPSA) is 60.6 Å². The Morgan fingerprint density at radius 1 is 0.919 bits per heavy atom. The summed E-state index contributed by atoms with van der Waals surface area (Å²) in [5, 5.41) is 9.22. The van der Waals surface area contributed by atoms with Gasteiger partial charge in [-0.3, -0.25) is 4.79 Å². The zero-order chi connectivity index (χ0) is 25.4. The highest BCUT2D eigenvalue weighted by atomic mass is 35.5. The molecule has 0 unspecified atom stereocenters. The molecule has 0 bridgehead atoms. The molecule has 0 spiro atoms. The van der Waals surface area contributed by atoms with E-state index in [1.54, 1.807) is 28.8 Å². The van der Waals surface area contributed by atoms with Crippen molar-refractivity contribution in [3.8, 4) is 16.9 Å². The minimum Gasteiger partial charge on any atom is -0.486 e. The van der Waals surface area contributed by atoms with Crippen molar-refractivity contribution in [1.82, 2.24) is 14.2 Å². The highest BCUT2D eigenvalue weighted by Crippen LogP contribution is 2.37. The van der Waals surface area contributed by atoms with Crippen LogP contribution in [0.3, 0.4) is 0 Å². The summed E-state index contributed by atoms with van der Waals surface area (Å²) < 4.78 is 10.0. The average Bonchev–Trinajstić information content (AvgIpc) is 3.31. The Balaban J connectivity index is 1.50. The van der Waals surface area contributed by atoms with Gasteiger partial charge in [-0.05, 0) is 73.4 Å². The Bertz CT molecular complexity index is 1570. The normalized spacial score (nSPS) is 12.9. The Kier molecular flexibility index (Phi) is 6.37. The highest BCUT2D eigenvalue weighted by molar-refractivity contribution is 6.31. The van der Waals surface area contributed by atoms with Crippen molar-refractivity contribution in [2.24, 2.45) is 0 Å². The number of hydrogen-bond acceptors (Lipinski definition) is 3. The molecule has 5 aromatic rings. The third-order valence-electron chi connectivity index (χ3n) is 6.62. The van der Waals surface area contributed by atoms with E-state index in [0.29, 0.717) is 28.0 Å². The second-order valence-electron chi connectivity index (χ2n) is 9.03. The molecule has 0 radical (unpaired) electrons. The van der Waals surface area contributed by atoms with Crippen molar-refractivity contribution in [2.75, 3.05) is 5.32 Å². The lowest BCUT2D eigenvalue weighted by Gasteiger charge is -2.10. The smallest absolute Gasteiger partial charge is 0.275 e. The summed E-state index contributed by atoms with van der Waals surface area (Å²) in [6.45, 7) is 1.12. The van der Waals surface area contributed by atoms with Gasteiger partial charge in [0.15, 0.2) is 5.82 Å². The number of aryl methyl sites for hydroxylation is 2. The SMILES string of the molecule is O=C(Nc1ccc(Cl)cc1)c1c(-c2ccc(Cl)cc2)c2c3n(c(COc4ccccc4)nn13)CCCC2. The van der Waals surface area contributed by atoms with E-state index in [4.69, 9.17) is 33.0 Å². The molecule has 1 aliphatic heterocycles. The fourth-order valence-corrected chi connectivity index (χ4v) is 5.19. The first kappa shape index (κ1) is 23.6. The Morgan fingerprint density at radius 2 is 1.62 bits per heavy atom. The minimum atomic E-state index is -0.241. The molecule has 1 amide bonds. The Labute approximate surface area is 224 Å². The second-order valence-corrected chi connectivity index (χ2v) is 9.91. The number of anilines is 1. The van der Waals surface area contributed by atoms with Crippen molar-refractivity contribution in [3.63, 3.8) is 0 Å².